The number of nitrogens with zero attached hydrogens (tertiary/aromatic N) is 4. The number of aromatic nitrogens is 3. The maximum absolute atomic E-state index is 4.42. The topological polar surface area (TPSA) is 34.0 Å². The van der Waals surface area contributed by atoms with Crippen LogP contribution >= 0.6 is 0 Å². The third kappa shape index (κ3) is 2.37. The molecule has 1 saturated heterocycles. The number of hydrogen-bond donors (Lipinski definition) is 0. The maximum atomic E-state index is 4.42. The predicted molar refractivity (Wildman–Crippen MR) is 71.5 cm³/mol. The summed E-state index contributed by atoms with van der Waals surface area (Å²) < 4.78 is 1.88. The van der Waals surface area contributed by atoms with Gasteiger partial charge in [0.15, 0.2) is 0 Å². The van der Waals surface area contributed by atoms with Crippen LogP contribution in [-0.2, 0) is 13.5 Å². The second kappa shape index (κ2) is 4.80. The zero-order chi connectivity index (χ0) is 12.4. The van der Waals surface area contributed by atoms with Crippen LogP contribution in [0.5, 0.6) is 0 Å². The fraction of sp³-hybridized carbons (Fsp3) is 0.429. The van der Waals surface area contributed by atoms with E-state index in [1.54, 1.807) is 0 Å². The van der Waals surface area contributed by atoms with Gasteiger partial charge in [0.1, 0.15) is 5.82 Å². The smallest absolute Gasteiger partial charge is 0.128 e. The molecule has 94 valence electrons. The van der Waals surface area contributed by atoms with Crippen LogP contribution in [0.25, 0.3) is 0 Å². The van der Waals surface area contributed by atoms with E-state index in [2.05, 4.69) is 33.3 Å². The van der Waals surface area contributed by atoms with E-state index in [-0.39, 0.29) is 0 Å². The Kier molecular flexibility index (Phi) is 3.00. The summed E-state index contributed by atoms with van der Waals surface area (Å²) in [6, 6.07) is 6.11. The summed E-state index contributed by atoms with van der Waals surface area (Å²) in [5.41, 5.74) is 1.34. The molecule has 0 amide bonds. The van der Waals surface area contributed by atoms with Crippen molar-refractivity contribution in [3.63, 3.8) is 0 Å². The van der Waals surface area contributed by atoms with Crippen LogP contribution in [0, 0.1) is 5.92 Å². The van der Waals surface area contributed by atoms with E-state index >= 15 is 0 Å². The number of rotatable bonds is 3. The van der Waals surface area contributed by atoms with Gasteiger partial charge in [-0.25, -0.2) is 4.98 Å². The Balaban J connectivity index is 1.62. The fourth-order valence-electron chi connectivity index (χ4n) is 2.66. The maximum Gasteiger partial charge on any atom is 0.128 e. The van der Waals surface area contributed by atoms with Gasteiger partial charge in [0.05, 0.1) is 6.20 Å². The first-order chi connectivity index (χ1) is 8.81. The fourth-order valence-corrected chi connectivity index (χ4v) is 2.66. The monoisotopic (exact) mass is 242 g/mol. The van der Waals surface area contributed by atoms with Gasteiger partial charge in [-0.15, -0.1) is 0 Å². The van der Waals surface area contributed by atoms with Crippen LogP contribution in [0.2, 0.25) is 0 Å². The second-order valence-electron chi connectivity index (χ2n) is 5.02. The molecule has 4 nitrogen and oxygen atoms in total. The minimum atomic E-state index is 0.719. The SMILES string of the molecule is Cn1cc(CC2CCN(c3ccccn3)C2)cn1. The highest BCUT2D eigenvalue weighted by molar-refractivity contribution is 5.39. The van der Waals surface area contributed by atoms with Gasteiger partial charge in [-0.1, -0.05) is 6.07 Å². The van der Waals surface area contributed by atoms with Gasteiger partial charge in [-0.05, 0) is 36.5 Å². The lowest BCUT2D eigenvalue weighted by molar-refractivity contribution is 0.586. The minimum absolute atomic E-state index is 0.719. The predicted octanol–water partition coefficient (Wildman–Crippen LogP) is 1.88. The zero-order valence-corrected chi connectivity index (χ0v) is 10.7. The molecule has 2 aromatic heterocycles. The summed E-state index contributed by atoms with van der Waals surface area (Å²) in [5.74, 6) is 1.82. The lowest BCUT2D eigenvalue weighted by Gasteiger charge is -2.16. The Morgan fingerprint density at radius 2 is 2.33 bits per heavy atom. The molecule has 4 heteroatoms. The zero-order valence-electron chi connectivity index (χ0n) is 10.7. The molecule has 0 N–H and O–H groups in total. The summed E-state index contributed by atoms with van der Waals surface area (Å²) in [4.78, 5) is 6.79. The van der Waals surface area contributed by atoms with Gasteiger partial charge in [0.25, 0.3) is 0 Å². The van der Waals surface area contributed by atoms with Crippen LogP contribution in [-0.4, -0.2) is 27.9 Å². The molecule has 3 heterocycles. The molecular formula is C14H18N4. The molecular weight excluding hydrogens is 224 g/mol. The summed E-state index contributed by atoms with van der Waals surface area (Å²) in [6.07, 6.45) is 8.32. The van der Waals surface area contributed by atoms with E-state index in [4.69, 9.17) is 0 Å². The van der Waals surface area contributed by atoms with Crippen molar-refractivity contribution in [2.75, 3.05) is 18.0 Å². The second-order valence-corrected chi connectivity index (χ2v) is 5.02. The summed E-state index contributed by atoms with van der Waals surface area (Å²) in [6.45, 7) is 2.22. The number of hydrogen-bond acceptors (Lipinski definition) is 3. The minimum Gasteiger partial charge on any atom is -0.356 e. The molecule has 1 unspecified atom stereocenters. The summed E-state index contributed by atoms with van der Waals surface area (Å²) >= 11 is 0. The first-order valence-corrected chi connectivity index (χ1v) is 6.45. The lowest BCUT2D eigenvalue weighted by Crippen LogP contribution is -2.21. The van der Waals surface area contributed by atoms with E-state index in [1.165, 1.54) is 12.0 Å². The highest BCUT2D eigenvalue weighted by Crippen LogP contribution is 2.24. The van der Waals surface area contributed by atoms with E-state index in [0.717, 1.165) is 31.2 Å². The van der Waals surface area contributed by atoms with Crippen LogP contribution in [0.4, 0.5) is 5.82 Å². The van der Waals surface area contributed by atoms with Crippen molar-refractivity contribution in [1.29, 1.82) is 0 Å². The third-order valence-corrected chi connectivity index (χ3v) is 3.54. The average molecular weight is 242 g/mol. The molecule has 1 atom stereocenters. The van der Waals surface area contributed by atoms with Crippen molar-refractivity contribution in [3.05, 3.63) is 42.4 Å². The third-order valence-electron chi connectivity index (χ3n) is 3.54. The molecule has 0 spiro atoms. The molecule has 0 radical (unpaired) electrons. The molecule has 18 heavy (non-hydrogen) atoms. The highest BCUT2D eigenvalue weighted by atomic mass is 15.2. The molecule has 1 aliphatic heterocycles. The van der Waals surface area contributed by atoms with Crippen molar-refractivity contribution in [3.8, 4) is 0 Å². The lowest BCUT2D eigenvalue weighted by atomic mass is 10.0. The molecule has 0 bridgehead atoms. The van der Waals surface area contributed by atoms with Gasteiger partial charge in [-0.3, -0.25) is 4.68 Å². The van der Waals surface area contributed by atoms with Crippen LogP contribution in [0.1, 0.15) is 12.0 Å². The quantitative estimate of drug-likeness (QED) is 0.824. The van der Waals surface area contributed by atoms with Crippen molar-refractivity contribution >= 4 is 5.82 Å². The van der Waals surface area contributed by atoms with Crippen LogP contribution < -0.4 is 4.90 Å². The molecule has 0 aromatic carbocycles. The Labute approximate surface area is 107 Å². The van der Waals surface area contributed by atoms with E-state index < -0.39 is 0 Å². The van der Waals surface area contributed by atoms with Crippen molar-refractivity contribution in [1.82, 2.24) is 14.8 Å². The number of pyridine rings is 1. The van der Waals surface area contributed by atoms with Crippen molar-refractivity contribution < 1.29 is 0 Å². The van der Waals surface area contributed by atoms with Gasteiger partial charge < -0.3 is 4.90 Å². The Hall–Kier alpha value is -1.84. The van der Waals surface area contributed by atoms with Crippen LogP contribution in [0.15, 0.2) is 36.8 Å². The molecule has 0 saturated carbocycles. The first kappa shape index (κ1) is 11.3. The van der Waals surface area contributed by atoms with E-state index in [1.807, 2.05) is 30.2 Å². The van der Waals surface area contributed by atoms with Gasteiger partial charge in [-0.2, -0.15) is 5.10 Å². The summed E-state index contributed by atoms with van der Waals surface area (Å²) in [7, 11) is 1.97. The standard InChI is InChI=1S/C14H18N4/c1-17-10-13(9-16-17)8-12-5-7-18(11-12)14-4-2-3-6-15-14/h2-4,6,9-10,12H,5,7-8,11H2,1H3. The van der Waals surface area contributed by atoms with Crippen molar-refractivity contribution in [2.45, 2.75) is 12.8 Å². The van der Waals surface area contributed by atoms with E-state index in [0.29, 0.717) is 0 Å². The van der Waals surface area contributed by atoms with Crippen LogP contribution in [0.3, 0.4) is 0 Å². The normalized spacial score (nSPS) is 19.4. The average Bonchev–Trinajstić information content (AvgIpc) is 3.01. The highest BCUT2D eigenvalue weighted by Gasteiger charge is 2.23. The summed E-state index contributed by atoms with van der Waals surface area (Å²) in [5, 5.41) is 4.23. The molecule has 1 aliphatic rings. The van der Waals surface area contributed by atoms with Gasteiger partial charge >= 0.3 is 0 Å². The Morgan fingerprint density at radius 3 is 3.06 bits per heavy atom. The Bertz CT molecular complexity index is 506. The molecule has 2 aromatic rings. The van der Waals surface area contributed by atoms with Gasteiger partial charge in [0, 0.05) is 32.5 Å². The van der Waals surface area contributed by atoms with Gasteiger partial charge in [0.2, 0.25) is 0 Å². The van der Waals surface area contributed by atoms with E-state index in [9.17, 15) is 0 Å². The largest absolute Gasteiger partial charge is 0.356 e. The molecule has 1 fully saturated rings. The molecule has 3 rings (SSSR count). The Morgan fingerprint density at radius 1 is 1.39 bits per heavy atom. The number of anilines is 1. The number of aryl methyl sites for hydroxylation is 1. The molecule has 0 aliphatic carbocycles. The first-order valence-electron chi connectivity index (χ1n) is 6.45. The van der Waals surface area contributed by atoms with Crippen molar-refractivity contribution in [2.24, 2.45) is 13.0 Å².